The molecule has 0 aromatic rings. The SMILES string of the molecule is CCCCCC/C=C/[C@H]1[C@H](CN(CCC)CCC)CC(=O)[C@@H]1C/C=C\CCC(OC(C)=O)C(=O)OC. The van der Waals surface area contributed by atoms with Gasteiger partial charge in [-0.15, -0.1) is 0 Å². The number of hydrogen-bond donors (Lipinski definition) is 0. The molecule has 0 bridgehead atoms. The van der Waals surface area contributed by atoms with Crippen LogP contribution in [0.1, 0.15) is 98.3 Å². The fourth-order valence-corrected chi connectivity index (χ4v) is 5.22. The standard InChI is InChI=1S/C30H51NO5/c1-6-9-10-11-12-14-17-26-25(23-31(20-7-2)21-8-3)22-28(33)27(26)18-15-13-16-19-29(30(34)35-5)36-24(4)32/h13-15,17,25-27,29H,6-12,16,18-23H2,1-5H3/b15-13-,17-14+/t25-,26-,27+,29?/m0/s1. The van der Waals surface area contributed by atoms with Gasteiger partial charge in [0, 0.05) is 25.8 Å². The Morgan fingerprint density at radius 3 is 2.33 bits per heavy atom. The van der Waals surface area contributed by atoms with Gasteiger partial charge in [0.05, 0.1) is 7.11 Å². The molecule has 0 radical (unpaired) electrons. The monoisotopic (exact) mass is 505 g/mol. The van der Waals surface area contributed by atoms with E-state index in [1.807, 2.05) is 6.08 Å². The maximum Gasteiger partial charge on any atom is 0.347 e. The molecule has 0 aromatic heterocycles. The highest BCUT2D eigenvalue weighted by atomic mass is 16.6. The molecule has 1 fully saturated rings. The zero-order valence-corrected chi connectivity index (χ0v) is 23.5. The van der Waals surface area contributed by atoms with Crippen molar-refractivity contribution in [2.75, 3.05) is 26.7 Å². The topological polar surface area (TPSA) is 72.9 Å². The molecule has 1 aliphatic carbocycles. The van der Waals surface area contributed by atoms with Crippen LogP contribution in [0, 0.1) is 17.8 Å². The first-order valence-electron chi connectivity index (χ1n) is 14.2. The van der Waals surface area contributed by atoms with E-state index in [0.717, 1.165) is 38.9 Å². The van der Waals surface area contributed by atoms with Gasteiger partial charge >= 0.3 is 11.9 Å². The second-order valence-corrected chi connectivity index (χ2v) is 10.1. The lowest BCUT2D eigenvalue weighted by atomic mass is 9.86. The molecule has 1 aliphatic rings. The van der Waals surface area contributed by atoms with Crippen LogP contribution in [0.15, 0.2) is 24.3 Å². The minimum absolute atomic E-state index is 0.00752. The highest BCUT2D eigenvalue weighted by Gasteiger charge is 2.40. The molecule has 4 atom stereocenters. The Labute approximate surface area is 219 Å². The zero-order chi connectivity index (χ0) is 26.8. The molecule has 0 heterocycles. The summed E-state index contributed by atoms with van der Waals surface area (Å²) in [5.74, 6) is -0.0255. The molecule has 1 unspecified atom stereocenters. The van der Waals surface area contributed by atoms with E-state index in [9.17, 15) is 14.4 Å². The predicted molar refractivity (Wildman–Crippen MR) is 146 cm³/mol. The van der Waals surface area contributed by atoms with Gasteiger partial charge in [0.25, 0.3) is 0 Å². The lowest BCUT2D eigenvalue weighted by Crippen LogP contribution is -2.33. The molecule has 0 amide bonds. The van der Waals surface area contributed by atoms with Crippen molar-refractivity contribution in [2.45, 2.75) is 104 Å². The lowest BCUT2D eigenvalue weighted by molar-refractivity contribution is -0.165. The minimum atomic E-state index is -0.888. The van der Waals surface area contributed by atoms with Crippen LogP contribution in [0.25, 0.3) is 0 Å². The Hall–Kier alpha value is -1.95. The van der Waals surface area contributed by atoms with E-state index in [2.05, 4.69) is 43.9 Å². The number of methoxy groups -OCH3 is 1. The first-order chi connectivity index (χ1) is 17.4. The number of nitrogens with zero attached hydrogens (tertiary/aromatic N) is 1. The molecule has 1 rings (SSSR count). The van der Waals surface area contributed by atoms with Crippen molar-refractivity contribution in [1.82, 2.24) is 4.90 Å². The van der Waals surface area contributed by atoms with Crippen molar-refractivity contribution in [3.63, 3.8) is 0 Å². The highest BCUT2D eigenvalue weighted by Crippen LogP contribution is 2.38. The van der Waals surface area contributed by atoms with Crippen molar-refractivity contribution < 1.29 is 23.9 Å². The Kier molecular flexibility index (Phi) is 17.1. The summed E-state index contributed by atoms with van der Waals surface area (Å²) in [6.07, 6.45) is 18.5. The van der Waals surface area contributed by atoms with E-state index in [1.165, 1.54) is 39.7 Å². The Morgan fingerprint density at radius 2 is 1.72 bits per heavy atom. The number of unbranched alkanes of at least 4 members (excludes halogenated alkanes) is 4. The fraction of sp³-hybridized carbons (Fsp3) is 0.767. The summed E-state index contributed by atoms with van der Waals surface area (Å²) in [4.78, 5) is 38.7. The molecule has 206 valence electrons. The van der Waals surface area contributed by atoms with Crippen LogP contribution in [0.2, 0.25) is 0 Å². The highest BCUT2D eigenvalue weighted by molar-refractivity contribution is 5.84. The molecule has 0 saturated heterocycles. The number of Topliss-reactive ketones (excluding diaryl/α,β-unsaturated/α-hetero) is 1. The largest absolute Gasteiger partial charge is 0.466 e. The van der Waals surface area contributed by atoms with Gasteiger partial charge in [-0.05, 0) is 69.9 Å². The molecule has 0 spiro atoms. The van der Waals surface area contributed by atoms with Crippen LogP contribution in [0.3, 0.4) is 0 Å². The van der Waals surface area contributed by atoms with E-state index in [-0.39, 0.29) is 11.8 Å². The summed E-state index contributed by atoms with van der Waals surface area (Å²) in [6, 6.07) is 0. The Balaban J connectivity index is 2.81. The van der Waals surface area contributed by atoms with Gasteiger partial charge in [0.15, 0.2) is 6.10 Å². The molecule has 0 aromatic carbocycles. The summed E-state index contributed by atoms with van der Waals surface area (Å²) in [5, 5.41) is 0. The number of rotatable bonds is 19. The molecule has 0 aliphatic heterocycles. The quantitative estimate of drug-likeness (QED) is 0.117. The smallest absolute Gasteiger partial charge is 0.347 e. The normalized spacial score (nSPS) is 21.1. The van der Waals surface area contributed by atoms with Gasteiger partial charge in [0.2, 0.25) is 0 Å². The number of carbonyl (C=O) groups excluding carboxylic acids is 3. The second kappa shape index (κ2) is 19.2. The first-order valence-corrected chi connectivity index (χ1v) is 14.2. The molecule has 0 N–H and O–H groups in total. The third kappa shape index (κ3) is 12.3. The number of carbonyl (C=O) groups is 3. The number of allylic oxidation sites excluding steroid dienone is 4. The van der Waals surface area contributed by atoms with Gasteiger partial charge in [-0.3, -0.25) is 9.59 Å². The average Bonchev–Trinajstić information content (AvgIpc) is 3.13. The van der Waals surface area contributed by atoms with Gasteiger partial charge in [-0.25, -0.2) is 4.79 Å². The van der Waals surface area contributed by atoms with E-state index >= 15 is 0 Å². The van der Waals surface area contributed by atoms with Crippen LogP contribution < -0.4 is 0 Å². The van der Waals surface area contributed by atoms with Crippen molar-refractivity contribution in [3.05, 3.63) is 24.3 Å². The number of ether oxygens (including phenoxy) is 2. The zero-order valence-electron chi connectivity index (χ0n) is 23.5. The van der Waals surface area contributed by atoms with E-state index in [1.54, 1.807) is 0 Å². The maximum absolute atomic E-state index is 13.1. The summed E-state index contributed by atoms with van der Waals surface area (Å²) in [5.41, 5.74) is 0. The summed E-state index contributed by atoms with van der Waals surface area (Å²) < 4.78 is 9.80. The number of ketones is 1. The van der Waals surface area contributed by atoms with Crippen LogP contribution >= 0.6 is 0 Å². The lowest BCUT2D eigenvalue weighted by Gasteiger charge is -2.28. The Bertz CT molecular complexity index is 695. The van der Waals surface area contributed by atoms with Crippen molar-refractivity contribution in [2.24, 2.45) is 17.8 Å². The van der Waals surface area contributed by atoms with Gasteiger partial charge < -0.3 is 14.4 Å². The number of hydrogen-bond acceptors (Lipinski definition) is 6. The van der Waals surface area contributed by atoms with Crippen LogP contribution in [-0.4, -0.2) is 55.5 Å². The summed E-state index contributed by atoms with van der Waals surface area (Å²) >= 11 is 0. The van der Waals surface area contributed by atoms with Crippen LogP contribution in [-0.2, 0) is 23.9 Å². The van der Waals surface area contributed by atoms with Gasteiger partial charge in [-0.2, -0.15) is 0 Å². The Morgan fingerprint density at radius 1 is 1.00 bits per heavy atom. The second-order valence-electron chi connectivity index (χ2n) is 10.1. The van der Waals surface area contributed by atoms with Crippen LogP contribution in [0.4, 0.5) is 0 Å². The van der Waals surface area contributed by atoms with Crippen LogP contribution in [0.5, 0.6) is 0 Å². The molecule has 6 heteroatoms. The maximum atomic E-state index is 13.1. The van der Waals surface area contributed by atoms with E-state index in [4.69, 9.17) is 9.47 Å². The van der Waals surface area contributed by atoms with E-state index < -0.39 is 18.0 Å². The van der Waals surface area contributed by atoms with Crippen molar-refractivity contribution in [1.29, 1.82) is 0 Å². The number of esters is 2. The van der Waals surface area contributed by atoms with E-state index in [0.29, 0.717) is 37.4 Å². The molecular weight excluding hydrogens is 454 g/mol. The third-order valence-corrected chi connectivity index (χ3v) is 6.97. The van der Waals surface area contributed by atoms with Crippen molar-refractivity contribution in [3.8, 4) is 0 Å². The molecule has 6 nitrogen and oxygen atoms in total. The molecule has 1 saturated carbocycles. The summed E-state index contributed by atoms with van der Waals surface area (Å²) in [7, 11) is 1.29. The third-order valence-electron chi connectivity index (χ3n) is 6.97. The first kappa shape index (κ1) is 32.1. The average molecular weight is 506 g/mol. The fourth-order valence-electron chi connectivity index (χ4n) is 5.22. The van der Waals surface area contributed by atoms with Gasteiger partial charge in [-0.1, -0.05) is 64.3 Å². The van der Waals surface area contributed by atoms with Gasteiger partial charge in [0.1, 0.15) is 5.78 Å². The minimum Gasteiger partial charge on any atom is -0.466 e. The summed E-state index contributed by atoms with van der Waals surface area (Å²) in [6.45, 7) is 11.1. The molecular formula is C30H51NO5. The predicted octanol–water partition coefficient (Wildman–Crippen LogP) is 6.29. The molecule has 36 heavy (non-hydrogen) atoms. The van der Waals surface area contributed by atoms with Crippen molar-refractivity contribution >= 4 is 17.7 Å².